The second-order valence-corrected chi connectivity index (χ2v) is 4.98. The van der Waals surface area contributed by atoms with Crippen molar-refractivity contribution in [3.05, 3.63) is 63.5 Å². The molecule has 0 amide bonds. The van der Waals surface area contributed by atoms with E-state index in [9.17, 15) is 4.79 Å². The summed E-state index contributed by atoms with van der Waals surface area (Å²) in [5.41, 5.74) is 1.41. The molecule has 0 radical (unpaired) electrons. The zero-order valence-electron chi connectivity index (χ0n) is 9.91. The number of aromatic nitrogens is 2. The van der Waals surface area contributed by atoms with Crippen molar-refractivity contribution in [2.45, 2.75) is 6.54 Å². The van der Waals surface area contributed by atoms with Crippen LogP contribution in [0.3, 0.4) is 0 Å². The average molecular weight is 267 g/mol. The molecule has 92 valence electrons. The van der Waals surface area contributed by atoms with Crippen LogP contribution in [-0.2, 0) is 6.54 Å². The summed E-state index contributed by atoms with van der Waals surface area (Å²) in [4.78, 5) is 16.6. The zero-order chi connectivity index (χ0) is 13.2. The Bertz CT molecular complexity index is 827. The highest BCUT2D eigenvalue weighted by molar-refractivity contribution is 7.17. The number of rotatable bonds is 2. The van der Waals surface area contributed by atoms with E-state index in [1.165, 1.54) is 15.9 Å². The maximum atomic E-state index is 12.4. The predicted octanol–water partition coefficient (Wildman–Crippen LogP) is 2.38. The van der Waals surface area contributed by atoms with E-state index in [1.807, 2.05) is 41.8 Å². The SMILES string of the molecule is N#Cc1nc2ccsc2c(=O)n1Cc1ccccc1. The molecule has 3 rings (SSSR count). The van der Waals surface area contributed by atoms with Crippen LogP contribution in [0.25, 0.3) is 10.2 Å². The summed E-state index contributed by atoms with van der Waals surface area (Å²) in [6.07, 6.45) is 0. The molecule has 0 aliphatic rings. The van der Waals surface area contributed by atoms with Gasteiger partial charge in [-0.3, -0.25) is 9.36 Å². The molecule has 19 heavy (non-hydrogen) atoms. The van der Waals surface area contributed by atoms with Crippen molar-refractivity contribution in [1.82, 2.24) is 9.55 Å². The largest absolute Gasteiger partial charge is 0.278 e. The van der Waals surface area contributed by atoms with Gasteiger partial charge in [-0.05, 0) is 17.0 Å². The van der Waals surface area contributed by atoms with E-state index < -0.39 is 0 Å². The van der Waals surface area contributed by atoms with Crippen LogP contribution in [-0.4, -0.2) is 9.55 Å². The van der Waals surface area contributed by atoms with Gasteiger partial charge in [0, 0.05) is 0 Å². The number of hydrogen-bond donors (Lipinski definition) is 0. The first kappa shape index (κ1) is 11.6. The quantitative estimate of drug-likeness (QED) is 0.716. The molecule has 5 heteroatoms. The highest BCUT2D eigenvalue weighted by Gasteiger charge is 2.11. The van der Waals surface area contributed by atoms with Gasteiger partial charge in [-0.2, -0.15) is 5.26 Å². The van der Waals surface area contributed by atoms with Crippen molar-refractivity contribution >= 4 is 21.6 Å². The van der Waals surface area contributed by atoms with E-state index >= 15 is 0 Å². The molecule has 0 saturated carbocycles. The zero-order valence-corrected chi connectivity index (χ0v) is 10.7. The number of thiophene rings is 1. The van der Waals surface area contributed by atoms with Crippen LogP contribution in [0, 0.1) is 11.3 Å². The maximum absolute atomic E-state index is 12.4. The van der Waals surface area contributed by atoms with E-state index in [-0.39, 0.29) is 11.4 Å². The van der Waals surface area contributed by atoms with Gasteiger partial charge in [-0.15, -0.1) is 11.3 Å². The van der Waals surface area contributed by atoms with Crippen molar-refractivity contribution in [3.8, 4) is 6.07 Å². The van der Waals surface area contributed by atoms with Crippen molar-refractivity contribution < 1.29 is 0 Å². The Morgan fingerprint density at radius 2 is 2.05 bits per heavy atom. The minimum absolute atomic E-state index is 0.152. The molecule has 0 fully saturated rings. The molecule has 0 N–H and O–H groups in total. The van der Waals surface area contributed by atoms with Gasteiger partial charge >= 0.3 is 0 Å². The third-order valence-corrected chi connectivity index (χ3v) is 3.74. The monoisotopic (exact) mass is 267 g/mol. The van der Waals surface area contributed by atoms with Crippen molar-refractivity contribution in [1.29, 1.82) is 5.26 Å². The smallest absolute Gasteiger partial charge is 0.272 e. The van der Waals surface area contributed by atoms with Crippen LogP contribution in [0.1, 0.15) is 11.4 Å². The van der Waals surface area contributed by atoms with Crippen LogP contribution in [0.2, 0.25) is 0 Å². The van der Waals surface area contributed by atoms with Gasteiger partial charge in [-0.1, -0.05) is 30.3 Å². The summed E-state index contributed by atoms with van der Waals surface area (Å²) in [5, 5.41) is 11.0. The highest BCUT2D eigenvalue weighted by Crippen LogP contribution is 2.15. The normalized spacial score (nSPS) is 10.5. The van der Waals surface area contributed by atoms with E-state index in [1.54, 1.807) is 6.07 Å². The lowest BCUT2D eigenvalue weighted by molar-refractivity contribution is 0.734. The molecule has 0 bridgehead atoms. The van der Waals surface area contributed by atoms with Crippen LogP contribution in [0.5, 0.6) is 0 Å². The molecule has 4 nitrogen and oxygen atoms in total. The molecule has 0 aliphatic carbocycles. The second kappa shape index (κ2) is 4.67. The molecule has 0 spiro atoms. The third kappa shape index (κ3) is 2.02. The molecular weight excluding hydrogens is 258 g/mol. The Labute approximate surface area is 113 Å². The molecular formula is C14H9N3OS. The van der Waals surface area contributed by atoms with E-state index in [0.29, 0.717) is 16.8 Å². The molecule has 1 aromatic carbocycles. The first-order valence-electron chi connectivity index (χ1n) is 5.71. The topological polar surface area (TPSA) is 58.7 Å². The Morgan fingerprint density at radius 3 is 2.79 bits per heavy atom. The van der Waals surface area contributed by atoms with Gasteiger partial charge in [0.25, 0.3) is 5.56 Å². The molecule has 2 aromatic heterocycles. The molecule has 0 unspecified atom stereocenters. The summed E-state index contributed by atoms with van der Waals surface area (Å²) in [6, 6.07) is 13.3. The van der Waals surface area contributed by atoms with E-state index in [0.717, 1.165) is 5.56 Å². The predicted molar refractivity (Wildman–Crippen MR) is 74.1 cm³/mol. The molecule has 0 saturated heterocycles. The summed E-state index contributed by atoms with van der Waals surface area (Å²) in [7, 11) is 0. The maximum Gasteiger partial charge on any atom is 0.272 e. The minimum Gasteiger partial charge on any atom is -0.278 e. The summed E-state index contributed by atoms with van der Waals surface area (Å²) in [5.74, 6) is 0.153. The molecule has 3 aromatic rings. The van der Waals surface area contributed by atoms with Gasteiger partial charge in [0.15, 0.2) is 0 Å². The third-order valence-electron chi connectivity index (χ3n) is 2.85. The minimum atomic E-state index is -0.152. The Hall–Kier alpha value is -2.45. The lowest BCUT2D eigenvalue weighted by Crippen LogP contribution is -2.24. The summed E-state index contributed by atoms with van der Waals surface area (Å²) >= 11 is 1.35. The molecule has 0 aliphatic heterocycles. The van der Waals surface area contributed by atoms with Gasteiger partial charge in [0.05, 0.1) is 12.1 Å². The van der Waals surface area contributed by atoms with Crippen molar-refractivity contribution in [2.75, 3.05) is 0 Å². The van der Waals surface area contributed by atoms with Crippen LogP contribution >= 0.6 is 11.3 Å². The van der Waals surface area contributed by atoms with Crippen molar-refractivity contribution in [3.63, 3.8) is 0 Å². The van der Waals surface area contributed by atoms with Gasteiger partial charge in [0.2, 0.25) is 5.82 Å². The fourth-order valence-electron chi connectivity index (χ4n) is 1.94. The second-order valence-electron chi connectivity index (χ2n) is 4.06. The summed E-state index contributed by atoms with van der Waals surface area (Å²) in [6.45, 7) is 0.364. The van der Waals surface area contributed by atoms with Gasteiger partial charge in [-0.25, -0.2) is 4.98 Å². The first-order valence-corrected chi connectivity index (χ1v) is 6.59. The number of benzene rings is 1. The number of hydrogen-bond acceptors (Lipinski definition) is 4. The number of nitrogens with zero attached hydrogens (tertiary/aromatic N) is 3. The lowest BCUT2D eigenvalue weighted by Gasteiger charge is -2.07. The van der Waals surface area contributed by atoms with Crippen LogP contribution in [0.15, 0.2) is 46.6 Å². The highest BCUT2D eigenvalue weighted by atomic mass is 32.1. The Balaban J connectivity index is 2.20. The Kier molecular flexibility index (Phi) is 2.86. The van der Waals surface area contributed by atoms with Crippen molar-refractivity contribution in [2.24, 2.45) is 0 Å². The average Bonchev–Trinajstić information content (AvgIpc) is 2.91. The lowest BCUT2D eigenvalue weighted by atomic mass is 10.2. The van der Waals surface area contributed by atoms with Crippen LogP contribution < -0.4 is 5.56 Å². The summed E-state index contributed by atoms with van der Waals surface area (Å²) < 4.78 is 2.02. The van der Waals surface area contributed by atoms with E-state index in [2.05, 4.69) is 4.98 Å². The Morgan fingerprint density at radius 1 is 1.26 bits per heavy atom. The molecule has 2 heterocycles. The standard InChI is InChI=1S/C14H9N3OS/c15-8-12-16-11-6-7-19-13(11)14(18)17(12)9-10-4-2-1-3-5-10/h1-7H,9H2. The van der Waals surface area contributed by atoms with Gasteiger partial charge < -0.3 is 0 Å². The first-order chi connectivity index (χ1) is 9.29. The van der Waals surface area contributed by atoms with E-state index in [4.69, 9.17) is 5.26 Å². The number of nitriles is 1. The molecule has 0 atom stereocenters. The number of fused-ring (bicyclic) bond motifs is 1. The van der Waals surface area contributed by atoms with Crippen LogP contribution in [0.4, 0.5) is 0 Å². The fraction of sp³-hybridized carbons (Fsp3) is 0.0714. The van der Waals surface area contributed by atoms with Gasteiger partial charge in [0.1, 0.15) is 10.8 Å². The fourth-order valence-corrected chi connectivity index (χ4v) is 2.72.